The predicted octanol–water partition coefficient (Wildman–Crippen LogP) is 4.40. The number of carbonyl (C=O) groups excluding carboxylic acids is 2. The summed E-state index contributed by atoms with van der Waals surface area (Å²) in [6, 6.07) is 17.8. The Hall–Kier alpha value is -3.87. The lowest BCUT2D eigenvalue weighted by Gasteiger charge is -2.18. The van der Waals surface area contributed by atoms with Crippen molar-refractivity contribution in [1.29, 1.82) is 0 Å². The third-order valence-corrected chi connectivity index (χ3v) is 4.78. The molecule has 0 aliphatic carbocycles. The quantitative estimate of drug-likeness (QED) is 0.593. The van der Waals surface area contributed by atoms with Crippen molar-refractivity contribution < 1.29 is 19.1 Å². The molecule has 31 heavy (non-hydrogen) atoms. The highest BCUT2D eigenvalue weighted by Gasteiger charge is 2.22. The summed E-state index contributed by atoms with van der Waals surface area (Å²) >= 11 is 0. The maximum atomic E-state index is 12.8. The molecular weight excluding hydrogens is 394 g/mol. The Morgan fingerprint density at radius 3 is 2.42 bits per heavy atom. The van der Waals surface area contributed by atoms with Crippen LogP contribution in [0.2, 0.25) is 0 Å². The van der Waals surface area contributed by atoms with Crippen LogP contribution in [0.15, 0.2) is 66.9 Å². The van der Waals surface area contributed by atoms with E-state index in [1.54, 1.807) is 12.1 Å². The Morgan fingerprint density at radius 2 is 1.77 bits per heavy atom. The van der Waals surface area contributed by atoms with Gasteiger partial charge in [0.15, 0.2) is 0 Å². The van der Waals surface area contributed by atoms with E-state index in [-0.39, 0.29) is 5.91 Å². The lowest BCUT2D eigenvalue weighted by Crippen LogP contribution is -2.45. The summed E-state index contributed by atoms with van der Waals surface area (Å²) in [5.41, 5.74) is 3.71. The molecule has 0 saturated heterocycles. The maximum Gasteiger partial charge on any atom is 0.407 e. The van der Waals surface area contributed by atoms with Crippen LogP contribution >= 0.6 is 0 Å². The molecule has 0 radical (unpaired) electrons. The van der Waals surface area contributed by atoms with Crippen molar-refractivity contribution in [3.05, 3.63) is 83.6 Å². The van der Waals surface area contributed by atoms with Gasteiger partial charge in [-0.2, -0.15) is 0 Å². The van der Waals surface area contributed by atoms with E-state index < -0.39 is 12.1 Å². The van der Waals surface area contributed by atoms with Gasteiger partial charge in [0, 0.05) is 12.5 Å². The first-order chi connectivity index (χ1) is 14.9. The van der Waals surface area contributed by atoms with E-state index in [9.17, 15) is 9.59 Å². The molecule has 3 rings (SSSR count). The minimum atomic E-state index is -0.804. The zero-order chi connectivity index (χ0) is 22.2. The fourth-order valence-electron chi connectivity index (χ4n) is 2.90. The number of rotatable bonds is 7. The Labute approximate surface area is 181 Å². The number of carbonyl (C=O) groups is 2. The van der Waals surface area contributed by atoms with Gasteiger partial charge in [0.2, 0.25) is 11.8 Å². The highest BCUT2D eigenvalue weighted by atomic mass is 16.5. The lowest BCUT2D eigenvalue weighted by molar-refractivity contribution is -0.118. The molecule has 2 amide bonds. The van der Waals surface area contributed by atoms with Crippen LogP contribution in [0.1, 0.15) is 16.7 Å². The molecule has 7 heteroatoms. The summed E-state index contributed by atoms with van der Waals surface area (Å²) in [4.78, 5) is 28.7. The van der Waals surface area contributed by atoms with Gasteiger partial charge in [-0.1, -0.05) is 36.4 Å². The molecule has 0 aliphatic rings. The second kappa shape index (κ2) is 10.2. The number of ether oxygens (including phenoxy) is 2. The summed E-state index contributed by atoms with van der Waals surface area (Å²) in [6.45, 7) is 4.05. The summed E-state index contributed by atoms with van der Waals surface area (Å²) < 4.78 is 10.4. The number of alkyl carbamates (subject to hydrolysis) is 1. The summed E-state index contributed by atoms with van der Waals surface area (Å²) in [6.07, 6.45) is 1.15. The minimum Gasteiger partial charge on any atom is -0.453 e. The number of benzene rings is 2. The molecular formula is C24H25N3O4. The van der Waals surface area contributed by atoms with Crippen LogP contribution in [0.5, 0.6) is 11.6 Å². The smallest absolute Gasteiger partial charge is 0.407 e. The molecule has 0 bridgehead atoms. The van der Waals surface area contributed by atoms with Crippen LogP contribution in [0.3, 0.4) is 0 Å². The van der Waals surface area contributed by atoms with Crippen LogP contribution in [0.4, 0.5) is 10.5 Å². The van der Waals surface area contributed by atoms with Crippen LogP contribution < -0.4 is 15.4 Å². The highest BCUT2D eigenvalue weighted by Crippen LogP contribution is 2.23. The number of hydrogen-bond acceptors (Lipinski definition) is 5. The molecule has 0 saturated carbocycles. The molecule has 0 fully saturated rings. The molecule has 7 nitrogen and oxygen atoms in total. The fourth-order valence-corrected chi connectivity index (χ4v) is 2.90. The van der Waals surface area contributed by atoms with Crippen molar-refractivity contribution >= 4 is 17.7 Å². The zero-order valence-corrected chi connectivity index (χ0v) is 17.7. The van der Waals surface area contributed by atoms with Gasteiger partial charge in [-0.25, -0.2) is 9.78 Å². The zero-order valence-electron chi connectivity index (χ0n) is 17.7. The number of hydrogen-bond donors (Lipinski definition) is 2. The van der Waals surface area contributed by atoms with E-state index in [1.807, 2.05) is 62.4 Å². The number of nitrogens with zero attached hydrogens (tertiary/aromatic N) is 1. The van der Waals surface area contributed by atoms with Crippen molar-refractivity contribution in [3.8, 4) is 11.6 Å². The number of aryl methyl sites for hydroxylation is 2. The number of amides is 2. The van der Waals surface area contributed by atoms with Gasteiger partial charge < -0.3 is 20.1 Å². The van der Waals surface area contributed by atoms with Crippen LogP contribution in [0, 0.1) is 13.8 Å². The summed E-state index contributed by atoms with van der Waals surface area (Å²) in [5.74, 6) is 0.728. The Balaban J connectivity index is 1.66. The standard InChI is InChI=1S/C24H25N3O4/c1-16-9-11-20(13-17(16)2)31-22-12-10-19(15-25-22)26-23(28)21(27-24(29)30-3)14-18-7-5-4-6-8-18/h4-13,15,21H,14H2,1-3H3,(H,26,28)(H,27,29). The number of methoxy groups -OCH3 is 1. The Bertz CT molecular complexity index is 1040. The molecule has 2 N–H and O–H groups in total. The summed E-state index contributed by atoms with van der Waals surface area (Å²) in [5, 5.41) is 5.34. The normalized spacial score (nSPS) is 11.3. The first kappa shape index (κ1) is 21.8. The number of anilines is 1. The average Bonchev–Trinajstić information content (AvgIpc) is 2.77. The molecule has 1 unspecified atom stereocenters. The van der Waals surface area contributed by atoms with Crippen molar-refractivity contribution in [2.24, 2.45) is 0 Å². The van der Waals surface area contributed by atoms with Gasteiger partial charge in [0.1, 0.15) is 11.8 Å². The van der Waals surface area contributed by atoms with E-state index in [0.717, 1.165) is 11.1 Å². The first-order valence-electron chi connectivity index (χ1n) is 9.85. The van der Waals surface area contributed by atoms with E-state index in [0.29, 0.717) is 23.7 Å². The van der Waals surface area contributed by atoms with Crippen LogP contribution in [0.25, 0.3) is 0 Å². The van der Waals surface area contributed by atoms with Gasteiger partial charge >= 0.3 is 6.09 Å². The molecule has 0 spiro atoms. The lowest BCUT2D eigenvalue weighted by atomic mass is 10.1. The van der Waals surface area contributed by atoms with Crippen molar-refractivity contribution in [3.63, 3.8) is 0 Å². The average molecular weight is 419 g/mol. The van der Waals surface area contributed by atoms with Crippen LogP contribution in [-0.2, 0) is 16.0 Å². The summed E-state index contributed by atoms with van der Waals surface area (Å²) in [7, 11) is 1.25. The monoisotopic (exact) mass is 419 g/mol. The van der Waals surface area contributed by atoms with Gasteiger partial charge in [-0.15, -0.1) is 0 Å². The molecule has 1 heterocycles. The highest BCUT2D eigenvalue weighted by molar-refractivity contribution is 5.96. The topological polar surface area (TPSA) is 89.5 Å². The van der Waals surface area contributed by atoms with E-state index in [2.05, 4.69) is 20.4 Å². The first-order valence-corrected chi connectivity index (χ1v) is 9.85. The van der Waals surface area contributed by atoms with Crippen LogP contribution in [-0.4, -0.2) is 30.1 Å². The molecule has 1 atom stereocenters. The van der Waals surface area contributed by atoms with E-state index in [4.69, 9.17) is 4.74 Å². The number of aromatic nitrogens is 1. The second-order valence-electron chi connectivity index (χ2n) is 7.10. The number of pyridine rings is 1. The second-order valence-corrected chi connectivity index (χ2v) is 7.10. The molecule has 0 aliphatic heterocycles. The van der Waals surface area contributed by atoms with E-state index >= 15 is 0 Å². The van der Waals surface area contributed by atoms with Gasteiger partial charge in [-0.05, 0) is 48.7 Å². The van der Waals surface area contributed by atoms with Gasteiger partial charge in [0.25, 0.3) is 0 Å². The molecule has 1 aromatic heterocycles. The number of nitrogens with one attached hydrogen (secondary N) is 2. The van der Waals surface area contributed by atoms with Crippen molar-refractivity contribution in [2.45, 2.75) is 26.3 Å². The Morgan fingerprint density at radius 1 is 1.00 bits per heavy atom. The third kappa shape index (κ3) is 6.30. The predicted molar refractivity (Wildman–Crippen MR) is 118 cm³/mol. The maximum absolute atomic E-state index is 12.8. The fraction of sp³-hybridized carbons (Fsp3) is 0.208. The minimum absolute atomic E-state index is 0.323. The molecule has 3 aromatic rings. The molecule has 160 valence electrons. The van der Waals surface area contributed by atoms with E-state index in [1.165, 1.54) is 18.9 Å². The van der Waals surface area contributed by atoms with Gasteiger partial charge in [0.05, 0.1) is 19.0 Å². The Kier molecular flexibility index (Phi) is 7.22. The van der Waals surface area contributed by atoms with Gasteiger partial charge in [-0.3, -0.25) is 4.79 Å². The van der Waals surface area contributed by atoms with Crippen molar-refractivity contribution in [1.82, 2.24) is 10.3 Å². The largest absolute Gasteiger partial charge is 0.453 e. The van der Waals surface area contributed by atoms with Crippen molar-refractivity contribution in [2.75, 3.05) is 12.4 Å². The third-order valence-electron chi connectivity index (χ3n) is 4.78. The SMILES string of the molecule is COC(=O)NC(Cc1ccccc1)C(=O)Nc1ccc(Oc2ccc(C)c(C)c2)nc1. The molecule has 2 aromatic carbocycles.